The Hall–Kier alpha value is -3.16. The second-order valence-electron chi connectivity index (χ2n) is 7.58. The molecule has 0 saturated carbocycles. The molecule has 8 nitrogen and oxygen atoms in total. The number of fused-ring (bicyclic) bond motifs is 1. The van der Waals surface area contributed by atoms with Crippen molar-refractivity contribution in [2.24, 2.45) is 0 Å². The fraction of sp³-hybridized carbons (Fsp3) is 0.429. The summed E-state index contributed by atoms with van der Waals surface area (Å²) in [5, 5.41) is 7.71. The van der Waals surface area contributed by atoms with Crippen LogP contribution in [0.2, 0.25) is 0 Å². The van der Waals surface area contributed by atoms with E-state index in [1.807, 2.05) is 19.9 Å². The van der Waals surface area contributed by atoms with Gasteiger partial charge in [-0.15, -0.1) is 0 Å². The molecule has 1 fully saturated rings. The van der Waals surface area contributed by atoms with Crippen molar-refractivity contribution in [1.82, 2.24) is 20.4 Å². The SMILES string of the molecule is CC(=O)N1CCC(NC(=O)c2cc(-c3cc(C)oc3C)nc3onc(C)c23)CC1. The van der Waals surface area contributed by atoms with E-state index in [2.05, 4.69) is 15.5 Å². The largest absolute Gasteiger partial charge is 0.466 e. The Balaban J connectivity index is 1.65. The van der Waals surface area contributed by atoms with Crippen LogP contribution in [0.5, 0.6) is 0 Å². The molecule has 0 bridgehead atoms. The quantitative estimate of drug-likeness (QED) is 0.730. The summed E-state index contributed by atoms with van der Waals surface area (Å²) < 4.78 is 11.0. The third kappa shape index (κ3) is 3.62. The van der Waals surface area contributed by atoms with Gasteiger partial charge in [0.05, 0.1) is 22.3 Å². The van der Waals surface area contributed by atoms with Crippen LogP contribution in [0.25, 0.3) is 22.4 Å². The molecular weight excluding hydrogens is 372 g/mol. The van der Waals surface area contributed by atoms with Gasteiger partial charge in [0.15, 0.2) is 0 Å². The molecule has 0 aromatic carbocycles. The van der Waals surface area contributed by atoms with Crippen LogP contribution in [0.3, 0.4) is 0 Å². The highest BCUT2D eigenvalue weighted by molar-refractivity contribution is 6.07. The Bertz CT molecular complexity index is 1090. The summed E-state index contributed by atoms with van der Waals surface area (Å²) in [7, 11) is 0. The molecule has 0 spiro atoms. The number of aromatic nitrogens is 2. The van der Waals surface area contributed by atoms with E-state index in [4.69, 9.17) is 8.94 Å². The van der Waals surface area contributed by atoms with Crippen molar-refractivity contribution in [1.29, 1.82) is 0 Å². The van der Waals surface area contributed by atoms with E-state index in [0.717, 1.165) is 29.9 Å². The topological polar surface area (TPSA) is 101 Å². The standard InChI is InChI=1S/C21H24N4O4/c1-11-9-16(13(3)28-11)18-10-17(19-12(2)24-29-21(19)23-18)20(27)22-15-5-7-25(8-6-15)14(4)26/h9-10,15H,5-8H2,1-4H3,(H,22,27). The third-order valence-corrected chi connectivity index (χ3v) is 5.45. The second kappa shape index (κ2) is 7.35. The maximum absolute atomic E-state index is 13.2. The summed E-state index contributed by atoms with van der Waals surface area (Å²) in [5.41, 5.74) is 2.86. The molecular formula is C21H24N4O4. The van der Waals surface area contributed by atoms with Crippen molar-refractivity contribution in [3.63, 3.8) is 0 Å². The van der Waals surface area contributed by atoms with Gasteiger partial charge in [-0.1, -0.05) is 5.16 Å². The Morgan fingerprint density at radius 3 is 2.52 bits per heavy atom. The maximum atomic E-state index is 13.2. The zero-order valence-electron chi connectivity index (χ0n) is 17.0. The molecule has 1 saturated heterocycles. The Labute approximate surface area is 168 Å². The van der Waals surface area contributed by atoms with Crippen molar-refractivity contribution in [2.75, 3.05) is 13.1 Å². The highest BCUT2D eigenvalue weighted by atomic mass is 16.5. The molecule has 0 unspecified atom stereocenters. The number of piperidine rings is 1. The lowest BCUT2D eigenvalue weighted by Crippen LogP contribution is -2.46. The number of aryl methyl sites for hydroxylation is 3. The van der Waals surface area contributed by atoms with Gasteiger partial charge < -0.3 is 19.2 Å². The lowest BCUT2D eigenvalue weighted by Gasteiger charge is -2.31. The number of carbonyl (C=O) groups excluding carboxylic acids is 2. The molecule has 3 aromatic heterocycles. The molecule has 1 aliphatic rings. The van der Waals surface area contributed by atoms with Crippen LogP contribution in [0.4, 0.5) is 0 Å². The minimum atomic E-state index is -0.191. The predicted molar refractivity (Wildman–Crippen MR) is 106 cm³/mol. The molecule has 29 heavy (non-hydrogen) atoms. The van der Waals surface area contributed by atoms with Gasteiger partial charge in [0, 0.05) is 31.6 Å². The van der Waals surface area contributed by atoms with Gasteiger partial charge in [0.1, 0.15) is 11.5 Å². The molecule has 152 valence electrons. The molecule has 0 aliphatic carbocycles. The molecule has 0 radical (unpaired) electrons. The van der Waals surface area contributed by atoms with Gasteiger partial charge in [0.25, 0.3) is 11.6 Å². The zero-order chi connectivity index (χ0) is 20.7. The van der Waals surface area contributed by atoms with E-state index < -0.39 is 0 Å². The second-order valence-corrected chi connectivity index (χ2v) is 7.58. The van der Waals surface area contributed by atoms with Crippen LogP contribution in [0.15, 0.2) is 21.1 Å². The monoisotopic (exact) mass is 396 g/mol. The fourth-order valence-electron chi connectivity index (χ4n) is 3.90. The molecule has 1 N–H and O–H groups in total. The van der Waals surface area contributed by atoms with Crippen LogP contribution in [-0.2, 0) is 4.79 Å². The summed E-state index contributed by atoms with van der Waals surface area (Å²) in [6, 6.07) is 3.68. The van der Waals surface area contributed by atoms with Crippen molar-refractivity contribution in [3.8, 4) is 11.3 Å². The summed E-state index contributed by atoms with van der Waals surface area (Å²) in [6.45, 7) is 8.40. The molecule has 8 heteroatoms. The van der Waals surface area contributed by atoms with E-state index in [0.29, 0.717) is 41.1 Å². The first-order valence-electron chi connectivity index (χ1n) is 9.74. The van der Waals surface area contributed by atoms with Crippen molar-refractivity contribution < 1.29 is 18.5 Å². The predicted octanol–water partition coefficient (Wildman–Crippen LogP) is 3.15. The number of carbonyl (C=O) groups is 2. The average Bonchev–Trinajstić information content (AvgIpc) is 3.23. The lowest BCUT2D eigenvalue weighted by atomic mass is 10.0. The van der Waals surface area contributed by atoms with Crippen molar-refractivity contribution in [3.05, 3.63) is 34.9 Å². The number of hydrogen-bond donors (Lipinski definition) is 1. The number of nitrogens with zero attached hydrogens (tertiary/aromatic N) is 3. The Morgan fingerprint density at radius 2 is 1.90 bits per heavy atom. The first kappa shape index (κ1) is 19.2. The minimum absolute atomic E-state index is 0.0165. The Kier molecular flexibility index (Phi) is 4.86. The molecule has 3 aromatic rings. The highest BCUT2D eigenvalue weighted by Gasteiger charge is 2.25. The normalized spacial score (nSPS) is 15.1. The smallest absolute Gasteiger partial charge is 0.259 e. The highest BCUT2D eigenvalue weighted by Crippen LogP contribution is 2.30. The van der Waals surface area contributed by atoms with Gasteiger partial charge in [-0.05, 0) is 45.7 Å². The molecule has 1 aliphatic heterocycles. The van der Waals surface area contributed by atoms with Crippen LogP contribution < -0.4 is 5.32 Å². The van der Waals surface area contributed by atoms with Crippen LogP contribution in [0.1, 0.15) is 47.3 Å². The lowest BCUT2D eigenvalue weighted by molar-refractivity contribution is -0.129. The third-order valence-electron chi connectivity index (χ3n) is 5.45. The number of amides is 2. The van der Waals surface area contributed by atoms with Gasteiger partial charge in [-0.2, -0.15) is 0 Å². The van der Waals surface area contributed by atoms with E-state index in [9.17, 15) is 9.59 Å². The minimum Gasteiger partial charge on any atom is -0.466 e. The fourth-order valence-corrected chi connectivity index (χ4v) is 3.90. The van der Waals surface area contributed by atoms with Gasteiger partial charge in [0.2, 0.25) is 5.91 Å². The molecule has 4 heterocycles. The van der Waals surface area contributed by atoms with Crippen molar-refractivity contribution in [2.45, 2.75) is 46.6 Å². The molecule has 2 amide bonds. The average molecular weight is 396 g/mol. The summed E-state index contributed by atoms with van der Waals surface area (Å²) >= 11 is 0. The van der Waals surface area contributed by atoms with Gasteiger partial charge >= 0.3 is 0 Å². The van der Waals surface area contributed by atoms with E-state index >= 15 is 0 Å². The van der Waals surface area contributed by atoms with Gasteiger partial charge in [-0.3, -0.25) is 9.59 Å². The maximum Gasteiger partial charge on any atom is 0.259 e. The van der Waals surface area contributed by atoms with E-state index in [-0.39, 0.29) is 17.9 Å². The first-order valence-corrected chi connectivity index (χ1v) is 9.74. The van der Waals surface area contributed by atoms with E-state index in [1.165, 1.54) is 0 Å². The van der Waals surface area contributed by atoms with Crippen LogP contribution >= 0.6 is 0 Å². The van der Waals surface area contributed by atoms with Gasteiger partial charge in [-0.25, -0.2) is 4.98 Å². The number of pyridine rings is 1. The number of nitrogens with one attached hydrogen (secondary N) is 1. The summed E-state index contributed by atoms with van der Waals surface area (Å²) in [4.78, 5) is 31.0. The number of rotatable bonds is 3. The number of hydrogen-bond acceptors (Lipinski definition) is 6. The Morgan fingerprint density at radius 1 is 1.17 bits per heavy atom. The number of likely N-dealkylation sites (tertiary alicyclic amines) is 1. The number of furan rings is 1. The first-order chi connectivity index (χ1) is 13.8. The van der Waals surface area contributed by atoms with Crippen LogP contribution in [-0.4, -0.2) is 46.0 Å². The zero-order valence-corrected chi connectivity index (χ0v) is 17.0. The van der Waals surface area contributed by atoms with Crippen molar-refractivity contribution >= 4 is 22.9 Å². The summed E-state index contributed by atoms with van der Waals surface area (Å²) in [5.74, 6) is 1.38. The molecule has 4 rings (SSSR count). The summed E-state index contributed by atoms with van der Waals surface area (Å²) in [6.07, 6.45) is 1.46. The van der Waals surface area contributed by atoms with Crippen LogP contribution in [0, 0.1) is 20.8 Å². The molecule has 0 atom stereocenters. The van der Waals surface area contributed by atoms with E-state index in [1.54, 1.807) is 24.8 Å².